The van der Waals surface area contributed by atoms with Crippen LogP contribution in [0.15, 0.2) is 42.3 Å². The van der Waals surface area contributed by atoms with Crippen molar-refractivity contribution >= 4 is 11.5 Å². The average molecular weight is 463 g/mol. The zero-order chi connectivity index (χ0) is 24.1. The first-order chi connectivity index (χ1) is 16.3. The standard InChI is InChI=1S/C30H42N2O2/c1-5-19(2)27(31)28(33)34-22-12-14-29(3)21(17-22)8-9-23-25-11-10-24(20-7-6-16-32-18-20)30(25,4)15-13-26(23)29/h6-8,10,16,18-19,22-23,25-27H,5,9,11-15,17,31H2,1-4H3/t19-,22-,23-,25-,26-,27-,29-,30+/m0/s1. The molecule has 2 fully saturated rings. The molecule has 4 aliphatic rings. The lowest BCUT2D eigenvalue weighted by Crippen LogP contribution is -2.50. The van der Waals surface area contributed by atoms with Gasteiger partial charge in [0, 0.05) is 18.8 Å². The zero-order valence-corrected chi connectivity index (χ0v) is 21.4. The Labute approximate surface area is 205 Å². The van der Waals surface area contributed by atoms with E-state index in [2.05, 4.69) is 50.0 Å². The molecule has 4 nitrogen and oxygen atoms in total. The van der Waals surface area contributed by atoms with E-state index in [4.69, 9.17) is 10.5 Å². The fourth-order valence-corrected chi connectivity index (χ4v) is 7.99. The van der Waals surface area contributed by atoms with Gasteiger partial charge in [-0.1, -0.05) is 57.9 Å². The fourth-order valence-electron chi connectivity index (χ4n) is 7.99. The summed E-state index contributed by atoms with van der Waals surface area (Å²) in [6, 6.07) is 3.79. The highest BCUT2D eigenvalue weighted by Crippen LogP contribution is 2.66. The summed E-state index contributed by atoms with van der Waals surface area (Å²) in [5, 5.41) is 0. The maximum absolute atomic E-state index is 12.6. The van der Waals surface area contributed by atoms with Crippen LogP contribution in [0.3, 0.4) is 0 Å². The van der Waals surface area contributed by atoms with Gasteiger partial charge < -0.3 is 10.5 Å². The second-order valence-electron chi connectivity index (χ2n) is 12.0. The molecule has 4 aliphatic carbocycles. The summed E-state index contributed by atoms with van der Waals surface area (Å²) in [6.45, 7) is 9.12. The number of carbonyl (C=O) groups is 1. The molecule has 0 unspecified atom stereocenters. The van der Waals surface area contributed by atoms with Gasteiger partial charge in [0.15, 0.2) is 0 Å². The lowest BCUT2D eigenvalue weighted by Gasteiger charge is -2.57. The molecule has 4 heteroatoms. The largest absolute Gasteiger partial charge is 0.461 e. The third kappa shape index (κ3) is 3.77. The van der Waals surface area contributed by atoms with E-state index in [1.165, 1.54) is 36.0 Å². The molecule has 5 rings (SSSR count). The molecule has 1 aromatic heterocycles. The summed E-state index contributed by atoms with van der Waals surface area (Å²) in [6.07, 6.45) is 17.7. The first kappa shape index (κ1) is 23.8. The normalized spacial score (nSPS) is 38.5. The summed E-state index contributed by atoms with van der Waals surface area (Å²) in [4.78, 5) is 17.0. The van der Waals surface area contributed by atoms with Crippen molar-refractivity contribution in [2.24, 2.45) is 40.2 Å². The minimum absolute atomic E-state index is 0.0160. The van der Waals surface area contributed by atoms with E-state index >= 15 is 0 Å². The number of allylic oxidation sites excluding steroid dienone is 3. The highest BCUT2D eigenvalue weighted by molar-refractivity contribution is 5.76. The summed E-state index contributed by atoms with van der Waals surface area (Å²) in [7, 11) is 0. The number of hydrogen-bond donors (Lipinski definition) is 1. The summed E-state index contributed by atoms with van der Waals surface area (Å²) in [5.41, 5.74) is 11.0. The molecule has 2 saturated carbocycles. The molecule has 0 amide bonds. The van der Waals surface area contributed by atoms with Crippen molar-refractivity contribution in [2.45, 2.75) is 91.2 Å². The van der Waals surface area contributed by atoms with Crippen molar-refractivity contribution in [3.8, 4) is 0 Å². The van der Waals surface area contributed by atoms with Gasteiger partial charge in [-0.05, 0) is 90.2 Å². The molecular weight excluding hydrogens is 420 g/mol. The maximum Gasteiger partial charge on any atom is 0.323 e. The van der Waals surface area contributed by atoms with Crippen molar-refractivity contribution in [3.05, 3.63) is 47.8 Å². The van der Waals surface area contributed by atoms with Gasteiger partial charge in [0.05, 0.1) is 0 Å². The van der Waals surface area contributed by atoms with Crippen molar-refractivity contribution < 1.29 is 9.53 Å². The van der Waals surface area contributed by atoms with Gasteiger partial charge in [-0.25, -0.2) is 0 Å². The van der Waals surface area contributed by atoms with Crippen LogP contribution in [-0.4, -0.2) is 23.1 Å². The smallest absolute Gasteiger partial charge is 0.323 e. The van der Waals surface area contributed by atoms with E-state index in [-0.39, 0.29) is 28.8 Å². The van der Waals surface area contributed by atoms with Gasteiger partial charge >= 0.3 is 5.97 Å². The van der Waals surface area contributed by atoms with Gasteiger partial charge in [-0.3, -0.25) is 9.78 Å². The Kier molecular flexibility index (Phi) is 6.25. The van der Waals surface area contributed by atoms with Crippen LogP contribution < -0.4 is 5.73 Å². The molecule has 2 N–H and O–H groups in total. The van der Waals surface area contributed by atoms with Crippen molar-refractivity contribution in [1.29, 1.82) is 0 Å². The Morgan fingerprint density at radius 2 is 1.97 bits per heavy atom. The number of fused-ring (bicyclic) bond motifs is 5. The highest BCUT2D eigenvalue weighted by atomic mass is 16.5. The van der Waals surface area contributed by atoms with Gasteiger partial charge in [-0.15, -0.1) is 0 Å². The average Bonchev–Trinajstić information content (AvgIpc) is 3.21. The number of ether oxygens (including phenoxy) is 1. The summed E-state index contributed by atoms with van der Waals surface area (Å²) in [5.74, 6) is 2.11. The number of nitrogens with two attached hydrogens (primary N) is 1. The lowest BCUT2D eigenvalue weighted by atomic mass is 9.47. The number of aromatic nitrogens is 1. The van der Waals surface area contributed by atoms with E-state index in [0.29, 0.717) is 5.92 Å². The molecule has 0 radical (unpaired) electrons. The number of rotatable bonds is 5. The number of esters is 1. The molecular formula is C30H42N2O2. The van der Waals surface area contributed by atoms with Crippen LogP contribution in [0.1, 0.15) is 84.6 Å². The maximum atomic E-state index is 12.6. The van der Waals surface area contributed by atoms with Crippen molar-refractivity contribution in [2.75, 3.05) is 0 Å². The van der Waals surface area contributed by atoms with Crippen molar-refractivity contribution in [3.63, 3.8) is 0 Å². The second kappa shape index (κ2) is 8.93. The van der Waals surface area contributed by atoms with E-state index in [1.807, 2.05) is 19.3 Å². The SMILES string of the molecule is CC[C@H](C)[C@H](N)C(=O)O[C@H]1CC[C@@]2(C)C(=CC[C@@H]3[C@@H]2CC[C@]2(C)C(c4cccnc4)=CC[C@@H]32)C1. The van der Waals surface area contributed by atoms with Gasteiger partial charge in [0.1, 0.15) is 12.1 Å². The fraction of sp³-hybridized carbons (Fsp3) is 0.667. The number of nitrogens with zero attached hydrogens (tertiary/aromatic N) is 1. The number of carbonyl (C=O) groups excluding carboxylic acids is 1. The predicted octanol–water partition coefficient (Wildman–Crippen LogP) is 6.32. The zero-order valence-electron chi connectivity index (χ0n) is 21.4. The minimum atomic E-state index is -0.511. The Balaban J connectivity index is 1.31. The van der Waals surface area contributed by atoms with Crippen LogP contribution in [0.5, 0.6) is 0 Å². The topological polar surface area (TPSA) is 65.2 Å². The van der Waals surface area contributed by atoms with E-state index in [1.54, 1.807) is 0 Å². The van der Waals surface area contributed by atoms with Crippen LogP contribution in [0.4, 0.5) is 0 Å². The number of hydrogen-bond acceptors (Lipinski definition) is 4. The molecule has 0 saturated heterocycles. The summed E-state index contributed by atoms with van der Waals surface area (Å²) < 4.78 is 5.94. The van der Waals surface area contributed by atoms with Crippen LogP contribution in [-0.2, 0) is 9.53 Å². The molecule has 1 aromatic rings. The number of pyridine rings is 1. The lowest BCUT2D eigenvalue weighted by molar-refractivity contribution is -0.154. The first-order valence-corrected chi connectivity index (χ1v) is 13.5. The molecule has 1 heterocycles. The van der Waals surface area contributed by atoms with Crippen LogP contribution in [0.2, 0.25) is 0 Å². The minimum Gasteiger partial charge on any atom is -0.461 e. The van der Waals surface area contributed by atoms with E-state index < -0.39 is 6.04 Å². The van der Waals surface area contributed by atoms with Crippen LogP contribution in [0, 0.1) is 34.5 Å². The third-order valence-electron chi connectivity index (χ3n) is 10.4. The van der Waals surface area contributed by atoms with Crippen molar-refractivity contribution in [1.82, 2.24) is 4.98 Å². The van der Waals surface area contributed by atoms with E-state index in [9.17, 15) is 4.79 Å². The highest BCUT2D eigenvalue weighted by Gasteiger charge is 2.57. The molecule has 0 aromatic carbocycles. The van der Waals surface area contributed by atoms with Gasteiger partial charge in [-0.2, -0.15) is 0 Å². The van der Waals surface area contributed by atoms with Crippen LogP contribution in [0.25, 0.3) is 5.57 Å². The van der Waals surface area contributed by atoms with Gasteiger partial charge in [0.25, 0.3) is 0 Å². The predicted molar refractivity (Wildman–Crippen MR) is 137 cm³/mol. The Morgan fingerprint density at radius 1 is 1.18 bits per heavy atom. The molecule has 0 bridgehead atoms. The molecule has 34 heavy (non-hydrogen) atoms. The molecule has 184 valence electrons. The first-order valence-electron chi connectivity index (χ1n) is 13.5. The summed E-state index contributed by atoms with van der Waals surface area (Å²) >= 11 is 0. The van der Waals surface area contributed by atoms with Gasteiger partial charge in [0.2, 0.25) is 0 Å². The molecule has 0 spiro atoms. The third-order valence-corrected chi connectivity index (χ3v) is 10.4. The Morgan fingerprint density at radius 3 is 2.71 bits per heavy atom. The van der Waals surface area contributed by atoms with Crippen LogP contribution >= 0.6 is 0 Å². The molecule has 0 aliphatic heterocycles. The Bertz CT molecular complexity index is 985. The monoisotopic (exact) mass is 462 g/mol. The quantitative estimate of drug-likeness (QED) is 0.410. The molecule has 8 atom stereocenters. The van der Waals surface area contributed by atoms with E-state index in [0.717, 1.165) is 43.9 Å². The second-order valence-corrected chi connectivity index (χ2v) is 12.0. The Hall–Kier alpha value is -1.94.